The van der Waals surface area contributed by atoms with Crippen molar-refractivity contribution in [3.8, 4) is 0 Å². The van der Waals surface area contributed by atoms with Crippen LogP contribution in [0.5, 0.6) is 0 Å². The third kappa shape index (κ3) is 3.91. The zero-order valence-electron chi connectivity index (χ0n) is 14.4. The molecule has 0 aliphatic heterocycles. The largest absolute Gasteiger partial charge is 0.340 e. The Morgan fingerprint density at radius 2 is 2.00 bits per heavy atom. The van der Waals surface area contributed by atoms with Gasteiger partial charge < -0.3 is 10.2 Å². The van der Waals surface area contributed by atoms with E-state index in [1.165, 1.54) is 6.33 Å². The zero-order chi connectivity index (χ0) is 17.6. The number of hydrogen-bond acceptors (Lipinski definition) is 5. The minimum Gasteiger partial charge on any atom is -0.340 e. The second kappa shape index (κ2) is 7.70. The van der Waals surface area contributed by atoms with E-state index in [-0.39, 0.29) is 5.91 Å². The third-order valence-electron chi connectivity index (χ3n) is 3.98. The number of fused-ring (bicyclic) bond motifs is 1. The van der Waals surface area contributed by atoms with Gasteiger partial charge in [0.1, 0.15) is 17.8 Å². The van der Waals surface area contributed by atoms with E-state index in [1.807, 2.05) is 30.3 Å². The molecule has 128 valence electrons. The van der Waals surface area contributed by atoms with Crippen LogP contribution in [0.3, 0.4) is 0 Å². The van der Waals surface area contributed by atoms with Crippen LogP contribution >= 0.6 is 0 Å². The first-order valence-electron chi connectivity index (χ1n) is 8.37. The van der Waals surface area contributed by atoms with Crippen LogP contribution < -0.4 is 5.32 Å². The molecule has 0 fully saturated rings. The second-order valence-electron chi connectivity index (χ2n) is 5.87. The molecule has 0 spiro atoms. The molecule has 0 unspecified atom stereocenters. The number of anilines is 2. The van der Waals surface area contributed by atoms with E-state index in [2.05, 4.69) is 27.2 Å². The van der Waals surface area contributed by atoms with Gasteiger partial charge >= 0.3 is 0 Å². The molecule has 6 heteroatoms. The highest BCUT2D eigenvalue weighted by atomic mass is 16.2. The standard InChI is InChI=1S/C19H21N5O/c1-3-4-11-24(2)19(25)16-12-17(22-13-21-16)23-15-9-5-7-14-8-6-10-20-18(14)15/h5-10,12-13H,3-4,11H2,1-2H3,(H,21,22,23). The van der Waals surface area contributed by atoms with Gasteiger partial charge in [-0.2, -0.15) is 0 Å². The summed E-state index contributed by atoms with van der Waals surface area (Å²) < 4.78 is 0. The fraction of sp³-hybridized carbons (Fsp3) is 0.263. The molecular formula is C19H21N5O. The molecule has 0 aliphatic rings. The van der Waals surface area contributed by atoms with E-state index in [4.69, 9.17) is 0 Å². The Balaban J connectivity index is 1.83. The van der Waals surface area contributed by atoms with Gasteiger partial charge in [-0.05, 0) is 18.6 Å². The predicted molar refractivity (Wildman–Crippen MR) is 98.9 cm³/mol. The fourth-order valence-corrected chi connectivity index (χ4v) is 2.58. The third-order valence-corrected chi connectivity index (χ3v) is 3.98. The van der Waals surface area contributed by atoms with Crippen LogP contribution in [-0.2, 0) is 0 Å². The molecule has 1 amide bonds. The number of unbranched alkanes of at least 4 members (excludes halogenated alkanes) is 1. The molecule has 3 rings (SSSR count). The number of para-hydroxylation sites is 1. The number of carbonyl (C=O) groups is 1. The minimum absolute atomic E-state index is 0.102. The molecule has 0 saturated heterocycles. The quantitative estimate of drug-likeness (QED) is 0.744. The summed E-state index contributed by atoms with van der Waals surface area (Å²) in [5.74, 6) is 0.468. The van der Waals surface area contributed by atoms with Crippen LogP contribution in [0.15, 0.2) is 48.9 Å². The van der Waals surface area contributed by atoms with E-state index in [0.29, 0.717) is 11.5 Å². The van der Waals surface area contributed by atoms with Crippen LogP contribution in [0.2, 0.25) is 0 Å². The molecule has 0 aliphatic carbocycles. The van der Waals surface area contributed by atoms with Crippen molar-refractivity contribution in [2.45, 2.75) is 19.8 Å². The highest BCUT2D eigenvalue weighted by molar-refractivity contribution is 5.94. The lowest BCUT2D eigenvalue weighted by molar-refractivity contribution is 0.0787. The SMILES string of the molecule is CCCCN(C)C(=O)c1cc(Nc2cccc3cccnc23)ncn1. The molecule has 0 atom stereocenters. The fourth-order valence-electron chi connectivity index (χ4n) is 2.58. The first kappa shape index (κ1) is 16.8. The Morgan fingerprint density at radius 3 is 2.84 bits per heavy atom. The van der Waals surface area contributed by atoms with Crippen molar-refractivity contribution in [3.05, 3.63) is 54.6 Å². The van der Waals surface area contributed by atoms with Gasteiger partial charge in [0.15, 0.2) is 0 Å². The van der Waals surface area contributed by atoms with E-state index < -0.39 is 0 Å². The molecule has 0 bridgehead atoms. The normalized spacial score (nSPS) is 10.6. The van der Waals surface area contributed by atoms with Crippen LogP contribution in [0.1, 0.15) is 30.3 Å². The summed E-state index contributed by atoms with van der Waals surface area (Å²) in [6.45, 7) is 2.82. The summed E-state index contributed by atoms with van der Waals surface area (Å²) in [4.78, 5) is 26.9. The lowest BCUT2D eigenvalue weighted by Gasteiger charge is -2.16. The van der Waals surface area contributed by atoms with Gasteiger partial charge in [0.05, 0.1) is 11.2 Å². The smallest absolute Gasteiger partial charge is 0.272 e. The minimum atomic E-state index is -0.102. The van der Waals surface area contributed by atoms with Crippen molar-refractivity contribution in [1.82, 2.24) is 19.9 Å². The van der Waals surface area contributed by atoms with Crippen LogP contribution in [-0.4, -0.2) is 39.4 Å². The van der Waals surface area contributed by atoms with E-state index in [1.54, 1.807) is 24.2 Å². The summed E-state index contributed by atoms with van der Waals surface area (Å²) in [5.41, 5.74) is 2.08. The first-order valence-corrected chi connectivity index (χ1v) is 8.37. The number of nitrogens with zero attached hydrogens (tertiary/aromatic N) is 4. The topological polar surface area (TPSA) is 71.0 Å². The zero-order valence-corrected chi connectivity index (χ0v) is 14.4. The lowest BCUT2D eigenvalue weighted by atomic mass is 10.2. The van der Waals surface area contributed by atoms with E-state index in [9.17, 15) is 4.79 Å². The summed E-state index contributed by atoms with van der Waals surface area (Å²) in [7, 11) is 1.79. The number of benzene rings is 1. The molecule has 25 heavy (non-hydrogen) atoms. The molecular weight excluding hydrogens is 314 g/mol. The van der Waals surface area contributed by atoms with Crippen molar-refractivity contribution in [2.75, 3.05) is 18.9 Å². The summed E-state index contributed by atoms with van der Waals surface area (Å²) in [6.07, 6.45) is 5.18. The molecule has 0 saturated carbocycles. The average Bonchev–Trinajstić information content (AvgIpc) is 2.66. The van der Waals surface area contributed by atoms with Gasteiger partial charge in [0, 0.05) is 31.2 Å². The molecule has 2 heterocycles. The number of rotatable bonds is 6. The van der Waals surface area contributed by atoms with Crippen molar-refractivity contribution in [3.63, 3.8) is 0 Å². The van der Waals surface area contributed by atoms with Gasteiger partial charge in [0.25, 0.3) is 5.91 Å². The summed E-state index contributed by atoms with van der Waals surface area (Å²) in [6, 6.07) is 11.5. The van der Waals surface area contributed by atoms with Gasteiger partial charge in [-0.3, -0.25) is 9.78 Å². The molecule has 6 nitrogen and oxygen atoms in total. The Hall–Kier alpha value is -3.02. The predicted octanol–water partition coefficient (Wildman–Crippen LogP) is 3.64. The average molecular weight is 335 g/mol. The van der Waals surface area contributed by atoms with E-state index >= 15 is 0 Å². The summed E-state index contributed by atoms with van der Waals surface area (Å²) >= 11 is 0. The first-order chi connectivity index (χ1) is 12.2. The van der Waals surface area contributed by atoms with Crippen molar-refractivity contribution in [2.24, 2.45) is 0 Å². The molecule has 0 radical (unpaired) electrons. The number of amides is 1. The Morgan fingerprint density at radius 1 is 1.16 bits per heavy atom. The molecule has 1 aromatic carbocycles. The molecule has 1 N–H and O–H groups in total. The number of nitrogens with one attached hydrogen (secondary N) is 1. The van der Waals surface area contributed by atoms with Gasteiger partial charge in [-0.25, -0.2) is 9.97 Å². The van der Waals surface area contributed by atoms with Crippen molar-refractivity contribution >= 4 is 28.3 Å². The van der Waals surface area contributed by atoms with Gasteiger partial charge in [-0.1, -0.05) is 31.5 Å². The van der Waals surface area contributed by atoms with Crippen molar-refractivity contribution < 1.29 is 4.79 Å². The maximum atomic E-state index is 12.5. The number of aromatic nitrogens is 3. The molecule has 3 aromatic rings. The highest BCUT2D eigenvalue weighted by Crippen LogP contribution is 2.23. The van der Waals surface area contributed by atoms with Crippen LogP contribution in [0.4, 0.5) is 11.5 Å². The Kier molecular flexibility index (Phi) is 5.18. The molecule has 2 aromatic heterocycles. The lowest BCUT2D eigenvalue weighted by Crippen LogP contribution is -2.28. The van der Waals surface area contributed by atoms with Crippen LogP contribution in [0, 0.1) is 0 Å². The Labute approximate surface area is 146 Å². The maximum absolute atomic E-state index is 12.5. The monoisotopic (exact) mass is 335 g/mol. The van der Waals surface area contributed by atoms with Gasteiger partial charge in [-0.15, -0.1) is 0 Å². The van der Waals surface area contributed by atoms with Crippen LogP contribution in [0.25, 0.3) is 10.9 Å². The maximum Gasteiger partial charge on any atom is 0.272 e. The summed E-state index contributed by atoms with van der Waals surface area (Å²) in [5, 5.41) is 4.28. The van der Waals surface area contributed by atoms with Gasteiger partial charge in [0.2, 0.25) is 0 Å². The number of hydrogen-bond donors (Lipinski definition) is 1. The highest BCUT2D eigenvalue weighted by Gasteiger charge is 2.14. The van der Waals surface area contributed by atoms with Crippen molar-refractivity contribution in [1.29, 1.82) is 0 Å². The number of pyridine rings is 1. The Bertz CT molecular complexity index is 875. The second-order valence-corrected chi connectivity index (χ2v) is 5.87. The van der Waals surface area contributed by atoms with E-state index in [0.717, 1.165) is 36.0 Å². The number of carbonyl (C=O) groups excluding carboxylic acids is 1.